The molecule has 1 saturated carbocycles. The molecule has 0 spiro atoms. The summed E-state index contributed by atoms with van der Waals surface area (Å²) >= 11 is 0. The molecule has 31 heavy (non-hydrogen) atoms. The zero-order valence-electron chi connectivity index (χ0n) is 18.3. The number of guanidine groups is 1. The third-order valence-electron chi connectivity index (χ3n) is 5.17. The molecule has 1 aliphatic rings. The van der Waals surface area contributed by atoms with Crippen LogP contribution in [-0.2, 0) is 22.7 Å². The summed E-state index contributed by atoms with van der Waals surface area (Å²) in [5.74, 6) is 1.15. The lowest BCUT2D eigenvalue weighted by Gasteiger charge is -2.23. The Morgan fingerprint density at radius 2 is 1.74 bits per heavy atom. The predicted molar refractivity (Wildman–Crippen MR) is 115 cm³/mol. The molecular formula is C22H33F3N4O2. The highest BCUT2D eigenvalue weighted by Gasteiger charge is 2.27. The average Bonchev–Trinajstić information content (AvgIpc) is 2.73. The number of carbonyl (C=O) groups is 1. The maximum Gasteiger partial charge on any atom is 0.411 e. The zero-order chi connectivity index (χ0) is 22.7. The summed E-state index contributed by atoms with van der Waals surface area (Å²) < 4.78 is 41.2. The minimum absolute atomic E-state index is 0.0459. The Kier molecular flexibility index (Phi) is 10.1. The third kappa shape index (κ3) is 10.5. The number of aliphatic imine (C=N–C) groups is 1. The highest BCUT2D eigenvalue weighted by atomic mass is 19.4. The second-order valence-electron chi connectivity index (χ2n) is 8.12. The van der Waals surface area contributed by atoms with Gasteiger partial charge in [0, 0.05) is 20.6 Å². The lowest BCUT2D eigenvalue weighted by molar-refractivity contribution is -0.176. The molecule has 0 heterocycles. The van der Waals surface area contributed by atoms with E-state index in [1.54, 1.807) is 26.2 Å². The molecule has 0 unspecified atom stereocenters. The first-order chi connectivity index (χ1) is 14.7. The van der Waals surface area contributed by atoms with Crippen molar-refractivity contribution in [2.75, 3.05) is 33.8 Å². The van der Waals surface area contributed by atoms with Gasteiger partial charge in [-0.2, -0.15) is 13.2 Å². The van der Waals surface area contributed by atoms with Gasteiger partial charge in [0.15, 0.2) is 5.96 Å². The minimum atomic E-state index is -4.32. The summed E-state index contributed by atoms with van der Waals surface area (Å²) in [4.78, 5) is 18.0. The molecular weight excluding hydrogens is 409 g/mol. The molecule has 2 N–H and O–H groups in total. The molecule has 0 aromatic heterocycles. The Morgan fingerprint density at radius 1 is 1.10 bits per heavy atom. The van der Waals surface area contributed by atoms with Crippen LogP contribution in [0.4, 0.5) is 13.2 Å². The number of carbonyl (C=O) groups excluding carboxylic acids is 1. The normalized spacial score (nSPS) is 15.6. The summed E-state index contributed by atoms with van der Waals surface area (Å²) in [6.07, 6.45) is 1.89. The number of amides is 1. The highest BCUT2D eigenvalue weighted by molar-refractivity contribution is 5.86. The van der Waals surface area contributed by atoms with Gasteiger partial charge < -0.3 is 20.3 Å². The van der Waals surface area contributed by atoms with Gasteiger partial charge >= 0.3 is 6.18 Å². The Morgan fingerprint density at radius 3 is 2.35 bits per heavy atom. The van der Waals surface area contributed by atoms with E-state index in [1.807, 2.05) is 12.1 Å². The van der Waals surface area contributed by atoms with Crippen molar-refractivity contribution in [2.24, 2.45) is 10.9 Å². The molecule has 0 saturated heterocycles. The van der Waals surface area contributed by atoms with E-state index >= 15 is 0 Å². The molecule has 2 rings (SSSR count). The van der Waals surface area contributed by atoms with Gasteiger partial charge in [-0.1, -0.05) is 43.5 Å². The van der Waals surface area contributed by atoms with Crippen molar-refractivity contribution in [3.05, 3.63) is 35.4 Å². The van der Waals surface area contributed by atoms with E-state index < -0.39 is 12.8 Å². The second kappa shape index (κ2) is 12.5. The Balaban J connectivity index is 1.90. The number of nitrogens with one attached hydrogen (secondary N) is 2. The standard InChI is InChI=1S/C22H33F3N4O2/c1-29(2)20(30)14-28-21(26-12-17-6-4-3-5-7-17)27-13-18-8-10-19(11-9-18)15-31-16-22(23,24)25/h8-11,17H,3-7,12-16H2,1-2H3,(H2,26,27,28). The van der Waals surface area contributed by atoms with Crippen LogP contribution in [0.2, 0.25) is 0 Å². The maximum absolute atomic E-state index is 12.2. The number of hydrogen-bond acceptors (Lipinski definition) is 3. The molecule has 9 heteroatoms. The van der Waals surface area contributed by atoms with Gasteiger partial charge in [-0.15, -0.1) is 0 Å². The number of halogens is 3. The summed E-state index contributed by atoms with van der Waals surface area (Å²) in [5, 5.41) is 6.43. The fourth-order valence-electron chi connectivity index (χ4n) is 3.32. The molecule has 0 radical (unpaired) electrons. The average molecular weight is 443 g/mol. The first-order valence-electron chi connectivity index (χ1n) is 10.7. The molecule has 1 amide bonds. The minimum Gasteiger partial charge on any atom is -0.367 e. The van der Waals surface area contributed by atoms with E-state index in [0.717, 1.165) is 12.1 Å². The topological polar surface area (TPSA) is 66.0 Å². The van der Waals surface area contributed by atoms with Crippen molar-refractivity contribution >= 4 is 11.9 Å². The fourth-order valence-corrected chi connectivity index (χ4v) is 3.32. The van der Waals surface area contributed by atoms with Gasteiger partial charge in [0.25, 0.3) is 0 Å². The number of hydrogen-bond donors (Lipinski definition) is 2. The van der Waals surface area contributed by atoms with Crippen LogP contribution in [-0.4, -0.2) is 56.7 Å². The van der Waals surface area contributed by atoms with E-state index in [4.69, 9.17) is 0 Å². The highest BCUT2D eigenvalue weighted by Crippen LogP contribution is 2.22. The zero-order valence-corrected chi connectivity index (χ0v) is 18.3. The monoisotopic (exact) mass is 442 g/mol. The van der Waals surface area contributed by atoms with Crippen LogP contribution in [0, 0.1) is 5.92 Å². The lowest BCUT2D eigenvalue weighted by Crippen LogP contribution is -2.44. The van der Waals surface area contributed by atoms with E-state index in [0.29, 0.717) is 24.0 Å². The number of nitrogens with zero attached hydrogens (tertiary/aromatic N) is 2. The Bertz CT molecular complexity index is 700. The second-order valence-corrected chi connectivity index (χ2v) is 8.12. The third-order valence-corrected chi connectivity index (χ3v) is 5.17. The van der Waals surface area contributed by atoms with Crippen molar-refractivity contribution in [3.8, 4) is 0 Å². The quantitative estimate of drug-likeness (QED) is 0.454. The number of benzene rings is 1. The molecule has 0 atom stereocenters. The molecule has 174 valence electrons. The fraction of sp³-hybridized carbons (Fsp3) is 0.636. The van der Waals surface area contributed by atoms with Crippen molar-refractivity contribution in [1.29, 1.82) is 0 Å². The van der Waals surface area contributed by atoms with Gasteiger partial charge in [-0.25, -0.2) is 4.99 Å². The van der Waals surface area contributed by atoms with Crippen molar-refractivity contribution in [2.45, 2.75) is 51.4 Å². The van der Waals surface area contributed by atoms with Gasteiger partial charge in [-0.05, 0) is 29.9 Å². The van der Waals surface area contributed by atoms with Crippen molar-refractivity contribution in [1.82, 2.24) is 15.5 Å². The maximum atomic E-state index is 12.2. The predicted octanol–water partition coefficient (Wildman–Crippen LogP) is 3.47. The SMILES string of the molecule is CN(C)C(=O)CNC(=NCc1ccc(COCC(F)(F)F)cc1)NCC1CCCCC1. The Hall–Kier alpha value is -2.29. The summed E-state index contributed by atoms with van der Waals surface area (Å²) in [7, 11) is 3.41. The molecule has 1 fully saturated rings. The number of alkyl halides is 3. The Labute approximate surface area is 182 Å². The van der Waals surface area contributed by atoms with Crippen LogP contribution in [0.15, 0.2) is 29.3 Å². The van der Waals surface area contributed by atoms with Crippen molar-refractivity contribution < 1.29 is 22.7 Å². The summed E-state index contributed by atoms with van der Waals surface area (Å²) in [5.41, 5.74) is 1.58. The molecule has 6 nitrogen and oxygen atoms in total. The van der Waals surface area contributed by atoms with Crippen LogP contribution in [0.25, 0.3) is 0 Å². The van der Waals surface area contributed by atoms with Crippen LogP contribution in [0.1, 0.15) is 43.2 Å². The molecule has 0 bridgehead atoms. The first-order valence-corrected chi connectivity index (χ1v) is 10.7. The van der Waals surface area contributed by atoms with Crippen LogP contribution in [0.5, 0.6) is 0 Å². The van der Waals surface area contributed by atoms with Gasteiger partial charge in [-0.3, -0.25) is 4.79 Å². The molecule has 1 aliphatic carbocycles. The number of likely N-dealkylation sites (N-methyl/N-ethyl adjacent to an activating group) is 1. The van der Waals surface area contributed by atoms with Gasteiger partial charge in [0.2, 0.25) is 5.91 Å². The number of ether oxygens (including phenoxy) is 1. The smallest absolute Gasteiger partial charge is 0.367 e. The molecule has 0 aliphatic heterocycles. The molecule has 1 aromatic carbocycles. The lowest BCUT2D eigenvalue weighted by atomic mass is 9.89. The van der Waals surface area contributed by atoms with Gasteiger partial charge in [0.05, 0.1) is 19.7 Å². The van der Waals surface area contributed by atoms with Crippen LogP contribution < -0.4 is 10.6 Å². The van der Waals surface area contributed by atoms with E-state index in [2.05, 4.69) is 20.4 Å². The van der Waals surface area contributed by atoms with E-state index in [9.17, 15) is 18.0 Å². The number of rotatable bonds is 9. The molecule has 1 aromatic rings. The van der Waals surface area contributed by atoms with Gasteiger partial charge in [0.1, 0.15) is 6.61 Å². The van der Waals surface area contributed by atoms with E-state index in [1.165, 1.54) is 37.0 Å². The van der Waals surface area contributed by atoms with Crippen molar-refractivity contribution in [3.63, 3.8) is 0 Å². The van der Waals surface area contributed by atoms with Crippen LogP contribution >= 0.6 is 0 Å². The first kappa shape index (κ1) is 25.0. The summed E-state index contributed by atoms with van der Waals surface area (Å²) in [6.45, 7) is 0.00809. The largest absolute Gasteiger partial charge is 0.411 e. The van der Waals surface area contributed by atoms with E-state index in [-0.39, 0.29) is 19.1 Å². The summed E-state index contributed by atoms with van der Waals surface area (Å²) in [6, 6.07) is 7.11. The van der Waals surface area contributed by atoms with Crippen LogP contribution in [0.3, 0.4) is 0 Å².